The predicted molar refractivity (Wildman–Crippen MR) is 94.2 cm³/mol. The van der Waals surface area contributed by atoms with Gasteiger partial charge in [-0.05, 0) is 36.0 Å². The van der Waals surface area contributed by atoms with Crippen LogP contribution in [0.2, 0.25) is 0 Å². The molecule has 0 saturated heterocycles. The van der Waals surface area contributed by atoms with Gasteiger partial charge < -0.3 is 15.0 Å². The lowest BCUT2D eigenvalue weighted by Crippen LogP contribution is -2.40. The topological polar surface area (TPSA) is 75.7 Å². The quantitative estimate of drug-likeness (QED) is 0.798. The third-order valence-corrected chi connectivity index (χ3v) is 4.06. The highest BCUT2D eigenvalue weighted by Gasteiger charge is 2.24. The molecule has 1 aromatic carbocycles. The van der Waals surface area contributed by atoms with E-state index in [1.54, 1.807) is 12.1 Å². The number of rotatable bonds is 6. The summed E-state index contributed by atoms with van der Waals surface area (Å²) in [5.74, 6) is -1.15. The van der Waals surface area contributed by atoms with Crippen LogP contribution in [0.5, 0.6) is 0 Å². The van der Waals surface area contributed by atoms with Crippen molar-refractivity contribution in [2.45, 2.75) is 45.1 Å². The number of esters is 1. The van der Waals surface area contributed by atoms with E-state index < -0.39 is 11.9 Å². The Balaban J connectivity index is 1.79. The van der Waals surface area contributed by atoms with Gasteiger partial charge >= 0.3 is 5.97 Å². The Morgan fingerprint density at radius 1 is 1.16 bits per heavy atom. The average molecular weight is 346 g/mol. The smallest absolute Gasteiger partial charge is 0.338 e. The molecule has 1 aliphatic carbocycles. The summed E-state index contributed by atoms with van der Waals surface area (Å²) in [5, 5.41) is 2.81. The molecule has 0 unspecified atom stereocenters. The van der Waals surface area contributed by atoms with Crippen LogP contribution in [0.15, 0.2) is 24.3 Å². The van der Waals surface area contributed by atoms with E-state index >= 15 is 0 Å². The van der Waals surface area contributed by atoms with E-state index in [0.717, 1.165) is 18.4 Å². The summed E-state index contributed by atoms with van der Waals surface area (Å²) in [5.41, 5.74) is 1.51. The van der Waals surface area contributed by atoms with Crippen molar-refractivity contribution in [1.82, 2.24) is 10.2 Å². The van der Waals surface area contributed by atoms with E-state index in [0.29, 0.717) is 5.56 Å². The Kier molecular flexibility index (Phi) is 5.82. The number of hydrogen-bond acceptors (Lipinski definition) is 4. The molecular formula is C19H26N2O4. The molecule has 0 aromatic heterocycles. The van der Waals surface area contributed by atoms with Gasteiger partial charge in [0.2, 0.25) is 5.91 Å². The van der Waals surface area contributed by atoms with Crippen molar-refractivity contribution in [1.29, 1.82) is 0 Å². The Hall–Kier alpha value is -2.37. The Morgan fingerprint density at radius 3 is 2.28 bits per heavy atom. The molecule has 1 saturated carbocycles. The van der Waals surface area contributed by atoms with E-state index in [4.69, 9.17) is 4.74 Å². The van der Waals surface area contributed by atoms with Crippen LogP contribution >= 0.6 is 0 Å². The molecule has 0 radical (unpaired) electrons. The Morgan fingerprint density at radius 2 is 1.76 bits per heavy atom. The second kappa shape index (κ2) is 7.68. The number of likely N-dealkylation sites (N-methyl/N-ethyl adjacent to an activating group) is 1. The maximum atomic E-state index is 12.0. The summed E-state index contributed by atoms with van der Waals surface area (Å²) in [6.45, 7) is 5.86. The van der Waals surface area contributed by atoms with Gasteiger partial charge in [0.15, 0.2) is 6.61 Å². The summed E-state index contributed by atoms with van der Waals surface area (Å²) < 4.78 is 5.05. The monoisotopic (exact) mass is 346 g/mol. The fourth-order valence-electron chi connectivity index (χ4n) is 2.23. The molecule has 0 atom stereocenters. The van der Waals surface area contributed by atoms with Gasteiger partial charge in [0, 0.05) is 13.1 Å². The standard InChI is InChI=1S/C19H26N2O4/c1-19(2,3)14-7-5-13(6-8-14)18(24)25-12-17(23)21(4)11-16(22)20-15-9-10-15/h5-8,15H,9-12H2,1-4H3,(H,20,22). The number of nitrogens with one attached hydrogen (secondary N) is 1. The molecule has 1 N–H and O–H groups in total. The lowest BCUT2D eigenvalue weighted by atomic mass is 9.87. The number of amides is 2. The molecule has 136 valence electrons. The summed E-state index contributed by atoms with van der Waals surface area (Å²) >= 11 is 0. The lowest BCUT2D eigenvalue weighted by molar-refractivity contribution is -0.137. The second-order valence-electron chi connectivity index (χ2n) is 7.50. The minimum absolute atomic E-state index is 0.00213. The van der Waals surface area contributed by atoms with E-state index in [1.807, 2.05) is 12.1 Å². The van der Waals surface area contributed by atoms with E-state index in [2.05, 4.69) is 26.1 Å². The summed E-state index contributed by atoms with van der Waals surface area (Å²) in [6, 6.07) is 7.41. The van der Waals surface area contributed by atoms with Crippen LogP contribution in [-0.4, -0.2) is 48.9 Å². The molecule has 1 aliphatic rings. The van der Waals surface area contributed by atoms with Gasteiger partial charge in [-0.25, -0.2) is 4.79 Å². The van der Waals surface area contributed by atoms with Gasteiger partial charge in [-0.15, -0.1) is 0 Å². The molecule has 2 amide bonds. The van der Waals surface area contributed by atoms with Crippen molar-refractivity contribution in [2.24, 2.45) is 0 Å². The fourth-order valence-corrected chi connectivity index (χ4v) is 2.23. The molecule has 0 bridgehead atoms. The summed E-state index contributed by atoms with van der Waals surface area (Å²) in [4.78, 5) is 36.9. The maximum absolute atomic E-state index is 12.0. The maximum Gasteiger partial charge on any atom is 0.338 e. The van der Waals surface area contributed by atoms with Crippen molar-refractivity contribution >= 4 is 17.8 Å². The molecule has 0 aliphatic heterocycles. The number of carbonyl (C=O) groups excluding carboxylic acids is 3. The SMILES string of the molecule is CN(CC(=O)NC1CC1)C(=O)COC(=O)c1ccc(C(C)(C)C)cc1. The van der Waals surface area contributed by atoms with Crippen molar-refractivity contribution < 1.29 is 19.1 Å². The second-order valence-corrected chi connectivity index (χ2v) is 7.50. The first-order valence-electron chi connectivity index (χ1n) is 8.48. The van der Waals surface area contributed by atoms with Crippen LogP contribution in [0.3, 0.4) is 0 Å². The highest BCUT2D eigenvalue weighted by Crippen LogP contribution is 2.22. The van der Waals surface area contributed by atoms with Crippen LogP contribution in [0.4, 0.5) is 0 Å². The summed E-state index contributed by atoms with van der Waals surface area (Å²) in [7, 11) is 1.51. The third-order valence-electron chi connectivity index (χ3n) is 4.06. The minimum atomic E-state index is -0.551. The normalized spacial score (nSPS) is 13.9. The van der Waals surface area contributed by atoms with Crippen molar-refractivity contribution in [3.8, 4) is 0 Å². The highest BCUT2D eigenvalue weighted by atomic mass is 16.5. The average Bonchev–Trinajstić information content (AvgIpc) is 3.35. The number of hydrogen-bond donors (Lipinski definition) is 1. The van der Waals surface area contributed by atoms with Crippen LogP contribution in [0, 0.1) is 0 Å². The zero-order valence-corrected chi connectivity index (χ0v) is 15.3. The van der Waals surface area contributed by atoms with E-state index in [-0.39, 0.29) is 30.5 Å². The van der Waals surface area contributed by atoms with Gasteiger partial charge in [0.25, 0.3) is 5.91 Å². The largest absolute Gasteiger partial charge is 0.452 e. The molecule has 1 aromatic rings. The lowest BCUT2D eigenvalue weighted by Gasteiger charge is -2.19. The predicted octanol–water partition coefficient (Wildman–Crippen LogP) is 1.88. The molecule has 6 heteroatoms. The Bertz CT molecular complexity index is 642. The third kappa shape index (κ3) is 5.89. The Labute approximate surface area is 148 Å². The highest BCUT2D eigenvalue weighted by molar-refractivity contribution is 5.92. The first-order chi connectivity index (χ1) is 11.7. The zero-order valence-electron chi connectivity index (χ0n) is 15.3. The number of benzene rings is 1. The molecule has 6 nitrogen and oxygen atoms in total. The molecule has 2 rings (SSSR count). The van der Waals surface area contributed by atoms with Crippen molar-refractivity contribution in [3.63, 3.8) is 0 Å². The molecule has 25 heavy (non-hydrogen) atoms. The van der Waals surface area contributed by atoms with Gasteiger partial charge in [-0.1, -0.05) is 32.9 Å². The molecular weight excluding hydrogens is 320 g/mol. The van der Waals surface area contributed by atoms with Crippen LogP contribution in [0.1, 0.15) is 49.5 Å². The van der Waals surface area contributed by atoms with Crippen LogP contribution in [0.25, 0.3) is 0 Å². The first-order valence-corrected chi connectivity index (χ1v) is 8.48. The fraction of sp³-hybridized carbons (Fsp3) is 0.526. The molecule has 1 fully saturated rings. The minimum Gasteiger partial charge on any atom is -0.452 e. The van der Waals surface area contributed by atoms with E-state index in [1.165, 1.54) is 11.9 Å². The summed E-state index contributed by atoms with van der Waals surface area (Å²) in [6.07, 6.45) is 1.99. The molecule has 0 heterocycles. The van der Waals surface area contributed by atoms with Crippen molar-refractivity contribution in [3.05, 3.63) is 35.4 Å². The number of ether oxygens (including phenoxy) is 1. The van der Waals surface area contributed by atoms with Gasteiger partial charge in [-0.2, -0.15) is 0 Å². The van der Waals surface area contributed by atoms with Crippen LogP contribution in [-0.2, 0) is 19.7 Å². The zero-order chi connectivity index (χ0) is 18.6. The van der Waals surface area contributed by atoms with Crippen molar-refractivity contribution in [2.75, 3.05) is 20.2 Å². The number of nitrogens with zero attached hydrogens (tertiary/aromatic N) is 1. The molecule has 0 spiro atoms. The van der Waals surface area contributed by atoms with Crippen LogP contribution < -0.4 is 5.32 Å². The van der Waals surface area contributed by atoms with Gasteiger partial charge in [0.1, 0.15) is 0 Å². The van der Waals surface area contributed by atoms with Gasteiger partial charge in [0.05, 0.1) is 12.1 Å². The number of carbonyl (C=O) groups is 3. The van der Waals surface area contributed by atoms with E-state index in [9.17, 15) is 14.4 Å². The van der Waals surface area contributed by atoms with Gasteiger partial charge in [-0.3, -0.25) is 9.59 Å². The first kappa shape index (κ1) is 19.0.